The lowest BCUT2D eigenvalue weighted by Crippen LogP contribution is -2.58. The molecule has 2 aromatic heterocycles. The van der Waals surface area contributed by atoms with E-state index in [1.165, 1.54) is 37.1 Å². The van der Waals surface area contributed by atoms with Gasteiger partial charge in [-0.2, -0.15) is 18.4 Å². The molecule has 2 aliphatic rings. The number of amides is 4. The summed E-state index contributed by atoms with van der Waals surface area (Å²) in [6.45, 7) is 11.3. The Labute approximate surface area is 411 Å². The summed E-state index contributed by atoms with van der Waals surface area (Å²) in [7, 11) is 0. The van der Waals surface area contributed by atoms with E-state index in [1.54, 1.807) is 21.7 Å². The maximum absolute atomic E-state index is 15.4. The number of pyridine rings is 1. The molecule has 0 bridgehead atoms. The van der Waals surface area contributed by atoms with Gasteiger partial charge in [-0.05, 0) is 80.6 Å². The summed E-state index contributed by atoms with van der Waals surface area (Å²) < 4.78 is 73.5. The molecule has 0 saturated carbocycles. The first-order chi connectivity index (χ1) is 32.6. The maximum atomic E-state index is 15.4. The molecule has 0 aliphatic carbocycles. The van der Waals surface area contributed by atoms with E-state index < -0.39 is 63.7 Å². The van der Waals surface area contributed by atoms with E-state index in [1.807, 2.05) is 52.0 Å². The monoisotopic (exact) mass is 1010 g/mol. The van der Waals surface area contributed by atoms with Crippen LogP contribution in [0.3, 0.4) is 0 Å². The van der Waals surface area contributed by atoms with Crippen molar-refractivity contribution in [2.75, 3.05) is 49.4 Å². The number of nitrogens with zero attached hydrogens (tertiary/aromatic N) is 6. The van der Waals surface area contributed by atoms with Gasteiger partial charge in [0.05, 0.1) is 65.1 Å². The van der Waals surface area contributed by atoms with Crippen LogP contribution < -0.4 is 25.2 Å². The van der Waals surface area contributed by atoms with Gasteiger partial charge >= 0.3 is 6.18 Å². The van der Waals surface area contributed by atoms with E-state index in [4.69, 9.17) is 43.3 Å². The molecule has 0 radical (unpaired) electrons. The fraction of sp³-hybridized carbons (Fsp3) is 0.447. The Hall–Kier alpha value is -5.79. The molecule has 22 heteroatoms. The van der Waals surface area contributed by atoms with Crippen LogP contribution >= 0.6 is 35.2 Å². The highest BCUT2D eigenvalue weighted by Gasteiger charge is 2.52. The lowest BCUT2D eigenvalue weighted by Gasteiger charge is -2.35. The fourth-order valence-electron chi connectivity index (χ4n) is 7.89. The van der Waals surface area contributed by atoms with Crippen LogP contribution in [0.2, 0.25) is 5.02 Å². The number of alkyl halides is 3. The SMILES string of the molecule is Cc1ncsc1-c1ccc(CNC(=O)[C@@H]2CCCN2C(=O)C(NC(=O)COCCOCCCOc2ncc(N3C(=S)N(c4ccc(C#N)c(C(F)(F)F)c4F)C(=O)C3(C)C)cc2Cl)C(C)(C)C)cc1. The van der Waals surface area contributed by atoms with E-state index in [9.17, 15) is 32.3 Å². The van der Waals surface area contributed by atoms with Gasteiger partial charge < -0.3 is 34.6 Å². The summed E-state index contributed by atoms with van der Waals surface area (Å²) in [6, 6.07) is 10.7. The van der Waals surface area contributed by atoms with Gasteiger partial charge in [-0.25, -0.2) is 14.4 Å². The van der Waals surface area contributed by atoms with Gasteiger partial charge in [-0.15, -0.1) is 11.3 Å². The van der Waals surface area contributed by atoms with Gasteiger partial charge in [-0.1, -0.05) is 56.6 Å². The third kappa shape index (κ3) is 12.0. The molecule has 2 fully saturated rings. The number of aryl methyl sites for hydroxylation is 1. The van der Waals surface area contributed by atoms with Crippen LogP contribution in [-0.4, -0.2) is 101 Å². The number of aromatic nitrogens is 2. The molecule has 368 valence electrons. The Morgan fingerprint density at radius 1 is 1.06 bits per heavy atom. The Bertz CT molecular complexity index is 2620. The molecule has 6 rings (SSSR count). The number of ether oxygens (including phenoxy) is 3. The van der Waals surface area contributed by atoms with Crippen molar-refractivity contribution in [2.45, 2.75) is 91.1 Å². The minimum Gasteiger partial charge on any atom is -0.477 e. The number of halogens is 5. The van der Waals surface area contributed by atoms with E-state index in [-0.39, 0.29) is 66.6 Å². The first-order valence-corrected chi connectivity index (χ1v) is 23.5. The van der Waals surface area contributed by atoms with E-state index in [2.05, 4.69) is 20.6 Å². The van der Waals surface area contributed by atoms with Gasteiger partial charge in [0.15, 0.2) is 10.9 Å². The Morgan fingerprint density at radius 3 is 2.41 bits per heavy atom. The van der Waals surface area contributed by atoms with Crippen LogP contribution in [0, 0.1) is 29.5 Å². The molecule has 1 unspecified atom stereocenters. The fourth-order valence-corrected chi connectivity index (χ4v) is 9.43. The van der Waals surface area contributed by atoms with Gasteiger partial charge in [0, 0.05) is 26.1 Å². The average Bonchev–Trinajstić information content (AvgIpc) is 4.00. The molecule has 2 atom stereocenters. The number of benzene rings is 2. The number of anilines is 2. The van der Waals surface area contributed by atoms with Crippen molar-refractivity contribution in [3.05, 3.63) is 87.4 Å². The molecule has 4 amide bonds. The van der Waals surface area contributed by atoms with Crippen molar-refractivity contribution in [1.29, 1.82) is 5.26 Å². The number of nitriles is 1. The van der Waals surface area contributed by atoms with Gasteiger partial charge in [0.2, 0.25) is 23.6 Å². The van der Waals surface area contributed by atoms with Crippen molar-refractivity contribution in [3.8, 4) is 22.4 Å². The highest BCUT2D eigenvalue weighted by atomic mass is 35.5. The van der Waals surface area contributed by atoms with Crippen LogP contribution in [0.4, 0.5) is 28.9 Å². The zero-order chi connectivity index (χ0) is 50.4. The van der Waals surface area contributed by atoms with Crippen LogP contribution in [-0.2, 0) is 41.4 Å². The Kier molecular flexibility index (Phi) is 16.7. The van der Waals surface area contributed by atoms with E-state index >= 15 is 4.39 Å². The van der Waals surface area contributed by atoms with Crippen molar-refractivity contribution in [3.63, 3.8) is 0 Å². The zero-order valence-corrected chi connectivity index (χ0v) is 41.1. The van der Waals surface area contributed by atoms with Crippen molar-refractivity contribution >= 4 is 75.3 Å². The predicted molar refractivity (Wildman–Crippen MR) is 254 cm³/mol. The number of nitrogens with one attached hydrogen (secondary N) is 2. The molecule has 2 saturated heterocycles. The Morgan fingerprint density at radius 2 is 1.77 bits per heavy atom. The zero-order valence-electron chi connectivity index (χ0n) is 38.7. The normalized spacial score (nSPS) is 16.4. The summed E-state index contributed by atoms with van der Waals surface area (Å²) in [5, 5.41) is 14.6. The number of hydrogen-bond acceptors (Lipinski definition) is 12. The largest absolute Gasteiger partial charge is 0.477 e. The molecule has 2 aromatic carbocycles. The lowest BCUT2D eigenvalue weighted by molar-refractivity contribution is -0.144. The second kappa shape index (κ2) is 21.9. The molecular weight excluding hydrogens is 964 g/mol. The molecule has 2 aliphatic heterocycles. The number of rotatable bonds is 18. The van der Waals surface area contributed by atoms with Crippen LogP contribution in [0.5, 0.6) is 5.88 Å². The minimum absolute atomic E-state index is 0.0193. The molecular formula is C47H51ClF4N8O7S2. The summed E-state index contributed by atoms with van der Waals surface area (Å²) in [4.78, 5) is 66.9. The quantitative estimate of drug-likeness (QED) is 0.0563. The first-order valence-electron chi connectivity index (χ1n) is 21.9. The topological polar surface area (TPSA) is 179 Å². The van der Waals surface area contributed by atoms with Gasteiger partial charge in [0.1, 0.15) is 34.8 Å². The van der Waals surface area contributed by atoms with E-state index in [0.717, 1.165) is 33.8 Å². The molecule has 69 heavy (non-hydrogen) atoms. The number of carbonyl (C=O) groups is 4. The van der Waals surface area contributed by atoms with Crippen molar-refractivity contribution < 1.29 is 51.0 Å². The van der Waals surface area contributed by atoms with Crippen LogP contribution in [0.1, 0.15) is 76.3 Å². The predicted octanol–water partition coefficient (Wildman–Crippen LogP) is 7.75. The summed E-state index contributed by atoms with van der Waals surface area (Å²) in [5.74, 6) is -3.71. The molecule has 4 heterocycles. The maximum Gasteiger partial charge on any atom is 0.420 e. The number of thiazole rings is 1. The smallest absolute Gasteiger partial charge is 0.420 e. The number of thiocarbonyl (C=S) groups is 1. The Balaban J connectivity index is 0.914. The first kappa shape index (κ1) is 52.6. The average molecular weight is 1020 g/mol. The number of likely N-dealkylation sites (tertiary alicyclic amines) is 1. The minimum atomic E-state index is -5.22. The van der Waals surface area contributed by atoms with Crippen LogP contribution in [0.25, 0.3) is 10.4 Å². The number of hydrogen-bond donors (Lipinski definition) is 2. The second-order valence-electron chi connectivity index (χ2n) is 17.8. The van der Waals surface area contributed by atoms with E-state index in [0.29, 0.717) is 37.3 Å². The third-order valence-electron chi connectivity index (χ3n) is 11.4. The highest BCUT2D eigenvalue weighted by Crippen LogP contribution is 2.43. The summed E-state index contributed by atoms with van der Waals surface area (Å²) >= 11 is 13.5. The highest BCUT2D eigenvalue weighted by molar-refractivity contribution is 7.81. The molecule has 4 aromatic rings. The molecule has 15 nitrogen and oxygen atoms in total. The standard InChI is InChI=1S/C47H51ClF4N8O7S2/c1-27-38(69-26-56-27)29-12-10-28(11-13-29)23-54-40(62)34-9-7-16-58(34)42(63)39(45(2,3)4)57-35(61)25-66-20-19-65-17-8-18-67-41-32(48)21-31(24-55-41)60-44(68)59(43(64)46(60,5)6)33-15-14-30(22-53)36(37(33)49)47(50,51)52/h10-15,21,24,26,34,39H,7-9,16-20,23,25H2,1-6H3,(H,54,62)(H,57,61)/t34-,39?/m0/s1. The van der Waals surface area contributed by atoms with Gasteiger partial charge in [0.25, 0.3) is 5.91 Å². The van der Waals surface area contributed by atoms with Crippen molar-refractivity contribution in [2.24, 2.45) is 5.41 Å². The number of carbonyl (C=O) groups excluding carboxylic acids is 4. The summed E-state index contributed by atoms with van der Waals surface area (Å²) in [5.41, 5.74) is -0.794. The second-order valence-corrected chi connectivity index (χ2v) is 19.5. The van der Waals surface area contributed by atoms with Gasteiger partial charge in [-0.3, -0.25) is 24.1 Å². The van der Waals surface area contributed by atoms with Crippen LogP contribution in [0.15, 0.2) is 54.2 Å². The van der Waals surface area contributed by atoms with Crippen molar-refractivity contribution in [1.82, 2.24) is 25.5 Å². The summed E-state index contributed by atoms with van der Waals surface area (Å²) in [6.07, 6.45) is -2.37. The third-order valence-corrected chi connectivity index (χ3v) is 13.1. The molecule has 2 N–H and O–H groups in total. The lowest BCUT2D eigenvalue weighted by atomic mass is 9.85. The molecule has 0 spiro atoms.